The number of carbonyl (C=O) groups excluding carboxylic acids is 1. The molecule has 2 N–H and O–H groups in total. The summed E-state index contributed by atoms with van der Waals surface area (Å²) in [5.74, 6) is 0.937. The number of hydrogen-bond donors (Lipinski definition) is 1. The zero-order chi connectivity index (χ0) is 30.4. The first-order valence-electron chi connectivity index (χ1n) is 15.3. The van der Waals surface area contributed by atoms with E-state index in [1.54, 1.807) is 4.68 Å². The summed E-state index contributed by atoms with van der Waals surface area (Å²) in [6.45, 7) is 19.2. The van der Waals surface area contributed by atoms with Crippen molar-refractivity contribution in [2.75, 3.05) is 31.9 Å². The van der Waals surface area contributed by atoms with E-state index in [4.69, 9.17) is 15.6 Å². The summed E-state index contributed by atoms with van der Waals surface area (Å²) >= 11 is 0. The lowest BCUT2D eigenvalue weighted by molar-refractivity contribution is -0.125. The van der Waals surface area contributed by atoms with Crippen LogP contribution in [-0.4, -0.2) is 74.3 Å². The van der Waals surface area contributed by atoms with Crippen LogP contribution in [0.2, 0.25) is 0 Å². The molecule has 2 aliphatic rings. The molecule has 0 amide bonds. The zero-order valence-electron chi connectivity index (χ0n) is 26.3. The van der Waals surface area contributed by atoms with Crippen LogP contribution in [0.3, 0.4) is 0 Å². The Morgan fingerprint density at radius 2 is 1.79 bits per heavy atom. The van der Waals surface area contributed by atoms with Crippen LogP contribution in [0.25, 0.3) is 16.6 Å². The van der Waals surface area contributed by atoms with Gasteiger partial charge >= 0.3 is 0 Å². The SMILES string of the molecule is CC.Cc1ccccc1/C(C1=CCN(C2CCN(C(C)C)CC2)CC1)=C(\OC=O)C(C)n1nc(C)c2c(N)ncnc21. The predicted molar refractivity (Wildman–Crippen MR) is 170 cm³/mol. The Morgan fingerprint density at radius 3 is 2.40 bits per heavy atom. The fourth-order valence-corrected chi connectivity index (χ4v) is 6.30. The largest absolute Gasteiger partial charge is 0.430 e. The van der Waals surface area contributed by atoms with Crippen LogP contribution in [-0.2, 0) is 9.53 Å². The van der Waals surface area contributed by atoms with E-state index in [-0.39, 0.29) is 0 Å². The van der Waals surface area contributed by atoms with E-state index >= 15 is 0 Å². The molecule has 0 spiro atoms. The summed E-state index contributed by atoms with van der Waals surface area (Å²) in [4.78, 5) is 25.8. The van der Waals surface area contributed by atoms with Gasteiger partial charge in [0.15, 0.2) is 5.65 Å². The minimum Gasteiger partial charge on any atom is -0.430 e. The number of nitrogens with zero attached hydrogens (tertiary/aromatic N) is 6. The molecule has 1 aromatic carbocycles. The van der Waals surface area contributed by atoms with Crippen molar-refractivity contribution >= 4 is 28.9 Å². The molecule has 0 radical (unpaired) electrons. The molecule has 1 saturated heterocycles. The van der Waals surface area contributed by atoms with Crippen molar-refractivity contribution in [3.05, 3.63) is 64.8 Å². The van der Waals surface area contributed by atoms with Crippen LogP contribution >= 0.6 is 0 Å². The van der Waals surface area contributed by atoms with Gasteiger partial charge < -0.3 is 15.4 Å². The minimum absolute atomic E-state index is 0.385. The molecule has 2 aliphatic heterocycles. The number of rotatable bonds is 8. The smallest absolute Gasteiger partial charge is 0.298 e. The topological polar surface area (TPSA) is 102 Å². The summed E-state index contributed by atoms with van der Waals surface area (Å²) < 4.78 is 7.64. The highest BCUT2D eigenvalue weighted by Crippen LogP contribution is 2.38. The average Bonchev–Trinajstić information content (AvgIpc) is 3.36. The van der Waals surface area contributed by atoms with Crippen molar-refractivity contribution in [2.24, 2.45) is 0 Å². The molecule has 9 nitrogen and oxygen atoms in total. The van der Waals surface area contributed by atoms with E-state index in [1.165, 1.54) is 24.7 Å². The zero-order valence-corrected chi connectivity index (χ0v) is 26.3. The van der Waals surface area contributed by atoms with Gasteiger partial charge in [-0.25, -0.2) is 14.6 Å². The average molecular weight is 574 g/mol. The first-order valence-corrected chi connectivity index (χ1v) is 15.3. The quantitative estimate of drug-likeness (QED) is 0.270. The maximum Gasteiger partial charge on any atom is 0.298 e. The molecular formula is C33H47N7O2. The second-order valence-corrected chi connectivity index (χ2v) is 11.3. The number of aromatic nitrogens is 4. The van der Waals surface area contributed by atoms with Crippen LogP contribution in [0.15, 0.2) is 48.0 Å². The number of anilines is 1. The summed E-state index contributed by atoms with van der Waals surface area (Å²) in [5, 5.41) is 5.48. The number of allylic oxidation sites excluding steroid dienone is 2. The lowest BCUT2D eigenvalue weighted by Crippen LogP contribution is -2.48. The second kappa shape index (κ2) is 14.1. The Morgan fingerprint density at radius 1 is 1.07 bits per heavy atom. The first kappa shape index (κ1) is 31.4. The molecule has 2 aromatic heterocycles. The Kier molecular flexibility index (Phi) is 10.5. The molecule has 0 bridgehead atoms. The summed E-state index contributed by atoms with van der Waals surface area (Å²) in [6.07, 6.45) is 7.05. The van der Waals surface area contributed by atoms with E-state index in [1.807, 2.05) is 39.8 Å². The van der Waals surface area contributed by atoms with Gasteiger partial charge in [0.25, 0.3) is 6.47 Å². The number of fused-ring (bicyclic) bond motifs is 1. The number of aryl methyl sites for hydroxylation is 2. The van der Waals surface area contributed by atoms with Gasteiger partial charge in [0.1, 0.15) is 23.9 Å². The van der Waals surface area contributed by atoms with E-state index in [0.717, 1.165) is 55.0 Å². The lowest BCUT2D eigenvalue weighted by atomic mass is 9.87. The van der Waals surface area contributed by atoms with Gasteiger partial charge in [-0.3, -0.25) is 9.69 Å². The summed E-state index contributed by atoms with van der Waals surface area (Å²) in [7, 11) is 0. The highest BCUT2D eigenvalue weighted by molar-refractivity contribution is 5.88. The van der Waals surface area contributed by atoms with Crippen molar-refractivity contribution in [3.63, 3.8) is 0 Å². The maximum absolute atomic E-state index is 11.9. The molecule has 0 aliphatic carbocycles. The van der Waals surface area contributed by atoms with Crippen molar-refractivity contribution in [1.82, 2.24) is 29.5 Å². The van der Waals surface area contributed by atoms with Gasteiger partial charge in [-0.1, -0.05) is 44.2 Å². The number of nitrogens with two attached hydrogens (primary N) is 1. The molecule has 5 rings (SSSR count). The molecule has 226 valence electrons. The van der Waals surface area contributed by atoms with Gasteiger partial charge in [0.2, 0.25) is 0 Å². The number of hydrogen-bond acceptors (Lipinski definition) is 8. The molecule has 9 heteroatoms. The Labute approximate surface area is 250 Å². The molecule has 4 heterocycles. The molecule has 3 aromatic rings. The number of ether oxygens (including phenoxy) is 1. The number of nitrogen functional groups attached to an aromatic ring is 1. The molecule has 1 atom stereocenters. The van der Waals surface area contributed by atoms with E-state index in [0.29, 0.717) is 41.2 Å². The molecule has 1 unspecified atom stereocenters. The van der Waals surface area contributed by atoms with Gasteiger partial charge in [0.05, 0.1) is 11.1 Å². The fraction of sp³-hybridized carbons (Fsp3) is 0.515. The lowest BCUT2D eigenvalue weighted by Gasteiger charge is -2.41. The van der Waals surface area contributed by atoms with Crippen LogP contribution in [0.1, 0.15) is 76.7 Å². The molecule has 0 saturated carbocycles. The molecule has 42 heavy (non-hydrogen) atoms. The molecular weight excluding hydrogens is 526 g/mol. The monoisotopic (exact) mass is 573 g/mol. The molecule has 1 fully saturated rings. The highest BCUT2D eigenvalue weighted by Gasteiger charge is 2.30. The van der Waals surface area contributed by atoms with Gasteiger partial charge in [-0.15, -0.1) is 0 Å². The van der Waals surface area contributed by atoms with Gasteiger partial charge in [0, 0.05) is 30.7 Å². The standard InChI is InChI=1S/C31H41N7O2.C2H6/c1-20(2)36-16-12-25(13-17-36)37-14-10-24(11-15-37)28(26-9-7-6-8-21(26)3)29(40-19-39)23(5)38-31-27(22(4)35-38)30(32)33-18-34-31;1-2/h6-10,18-20,23,25H,11-17H2,1-5H3,(H2,32,33,34);1-2H3/b29-28-;. The second-order valence-electron chi connectivity index (χ2n) is 11.3. The third-order valence-electron chi connectivity index (χ3n) is 8.58. The van der Waals surface area contributed by atoms with Crippen molar-refractivity contribution in [1.29, 1.82) is 0 Å². The summed E-state index contributed by atoms with van der Waals surface area (Å²) in [6, 6.07) is 9.06. The third-order valence-corrected chi connectivity index (χ3v) is 8.58. The number of likely N-dealkylation sites (tertiary alicyclic amines) is 1. The van der Waals surface area contributed by atoms with Gasteiger partial charge in [-0.05, 0) is 83.7 Å². The Balaban J connectivity index is 0.00000198. The number of carbonyl (C=O) groups is 1. The Hall–Kier alpha value is -3.56. The normalized spacial score (nSPS) is 18.2. The van der Waals surface area contributed by atoms with Crippen LogP contribution in [0.4, 0.5) is 5.82 Å². The van der Waals surface area contributed by atoms with E-state index in [9.17, 15) is 4.79 Å². The number of piperidine rings is 1. The highest BCUT2D eigenvalue weighted by atomic mass is 16.5. The van der Waals surface area contributed by atoms with Crippen molar-refractivity contribution in [3.8, 4) is 0 Å². The minimum atomic E-state index is -0.412. The third kappa shape index (κ3) is 6.42. The Bertz CT molecular complexity index is 1430. The first-order chi connectivity index (χ1) is 20.3. The van der Waals surface area contributed by atoms with E-state index < -0.39 is 6.04 Å². The van der Waals surface area contributed by atoms with Crippen LogP contribution in [0, 0.1) is 13.8 Å². The van der Waals surface area contributed by atoms with Crippen LogP contribution in [0.5, 0.6) is 0 Å². The van der Waals surface area contributed by atoms with E-state index in [2.05, 4.69) is 58.7 Å². The van der Waals surface area contributed by atoms with Crippen molar-refractivity contribution < 1.29 is 9.53 Å². The summed E-state index contributed by atoms with van der Waals surface area (Å²) in [5.41, 5.74) is 11.8. The van der Waals surface area contributed by atoms with Crippen LogP contribution < -0.4 is 5.73 Å². The number of benzene rings is 1. The predicted octanol–water partition coefficient (Wildman–Crippen LogP) is 5.70. The van der Waals surface area contributed by atoms with Gasteiger partial charge in [-0.2, -0.15) is 5.10 Å². The van der Waals surface area contributed by atoms with Crippen molar-refractivity contribution in [2.45, 2.75) is 85.9 Å². The maximum atomic E-state index is 11.9. The fourth-order valence-electron chi connectivity index (χ4n) is 6.30.